The van der Waals surface area contributed by atoms with Crippen molar-refractivity contribution in [3.8, 4) is 0 Å². The van der Waals surface area contributed by atoms with Gasteiger partial charge in [-0.15, -0.1) is 0 Å². The molecule has 110 valence electrons. The van der Waals surface area contributed by atoms with E-state index in [4.69, 9.17) is 0 Å². The van der Waals surface area contributed by atoms with Gasteiger partial charge in [0.05, 0.1) is 5.92 Å². The van der Waals surface area contributed by atoms with E-state index in [1.165, 1.54) is 0 Å². The lowest BCUT2D eigenvalue weighted by Gasteiger charge is -2.33. The Balaban J connectivity index is 1.83. The van der Waals surface area contributed by atoms with Crippen LogP contribution in [0.25, 0.3) is 0 Å². The second-order valence-electron chi connectivity index (χ2n) is 5.88. The number of aliphatic hydroxyl groups is 1. The van der Waals surface area contributed by atoms with Crippen LogP contribution in [-0.4, -0.2) is 16.8 Å². The lowest BCUT2D eigenvalue weighted by Crippen LogP contribution is -2.47. The molecule has 2 atom stereocenters. The number of anilines is 1. The predicted octanol–water partition coefficient (Wildman–Crippen LogP) is 2.27. The Morgan fingerprint density at radius 2 is 1.77 bits per heavy atom. The average molecular weight is 293 g/mol. The quantitative estimate of drug-likeness (QED) is 0.847. The molecular weight excluding hydrogens is 278 g/mol. The lowest BCUT2D eigenvalue weighted by molar-refractivity contribution is -0.138. The van der Waals surface area contributed by atoms with Crippen molar-refractivity contribution in [2.45, 2.75) is 18.4 Å². The van der Waals surface area contributed by atoms with E-state index < -0.39 is 17.4 Å². The van der Waals surface area contributed by atoms with E-state index in [9.17, 15) is 14.7 Å². The molecule has 1 heterocycles. The Hall–Kier alpha value is -2.46. The van der Waals surface area contributed by atoms with Gasteiger partial charge in [0, 0.05) is 16.8 Å². The lowest BCUT2D eigenvalue weighted by atomic mass is 9.71. The van der Waals surface area contributed by atoms with Gasteiger partial charge in [-0.2, -0.15) is 0 Å². The van der Waals surface area contributed by atoms with Crippen LogP contribution in [0.1, 0.15) is 27.9 Å². The summed E-state index contributed by atoms with van der Waals surface area (Å²) in [7, 11) is 0. The van der Waals surface area contributed by atoms with Crippen LogP contribution in [0.5, 0.6) is 0 Å². The van der Waals surface area contributed by atoms with Crippen molar-refractivity contribution in [3.63, 3.8) is 0 Å². The highest BCUT2D eigenvalue weighted by Gasteiger charge is 2.54. The van der Waals surface area contributed by atoms with Crippen LogP contribution < -0.4 is 5.32 Å². The topological polar surface area (TPSA) is 66.4 Å². The highest BCUT2D eigenvalue weighted by molar-refractivity contribution is 6.11. The zero-order valence-corrected chi connectivity index (χ0v) is 11.9. The molecule has 0 bridgehead atoms. The monoisotopic (exact) mass is 293 g/mol. The van der Waals surface area contributed by atoms with Gasteiger partial charge >= 0.3 is 0 Å². The highest BCUT2D eigenvalue weighted by atomic mass is 16.3. The fraction of sp³-hybridized carbons (Fsp3) is 0.222. The Kier molecular flexibility index (Phi) is 2.71. The smallest absolute Gasteiger partial charge is 0.261 e. The van der Waals surface area contributed by atoms with Crippen molar-refractivity contribution >= 4 is 17.4 Å². The van der Waals surface area contributed by atoms with Gasteiger partial charge in [0.15, 0.2) is 11.4 Å². The summed E-state index contributed by atoms with van der Waals surface area (Å²) in [4.78, 5) is 25.2. The molecule has 0 aromatic heterocycles. The van der Waals surface area contributed by atoms with E-state index in [2.05, 4.69) is 5.32 Å². The Bertz CT molecular complexity index is 798. The maximum atomic E-state index is 12.8. The fourth-order valence-corrected chi connectivity index (χ4v) is 3.61. The first-order valence-electron chi connectivity index (χ1n) is 7.38. The third-order valence-corrected chi connectivity index (χ3v) is 4.74. The first kappa shape index (κ1) is 13.2. The van der Waals surface area contributed by atoms with Gasteiger partial charge in [0.2, 0.25) is 0 Å². The van der Waals surface area contributed by atoms with Crippen LogP contribution in [0.2, 0.25) is 0 Å². The second kappa shape index (κ2) is 4.52. The molecule has 22 heavy (non-hydrogen) atoms. The number of para-hydroxylation sites is 1. The molecule has 0 radical (unpaired) electrons. The standard InChI is InChI=1S/C18H15NO3/c20-16-12-6-2-1-5-11(12)9-10-14(16)18(22)13-7-3-4-8-15(13)19-17(18)21/h1-8,14,22H,9-10H2,(H,19,21)/t14-,18+/m1/s1. The van der Waals surface area contributed by atoms with Crippen molar-refractivity contribution < 1.29 is 14.7 Å². The van der Waals surface area contributed by atoms with Gasteiger partial charge in [-0.05, 0) is 24.5 Å². The summed E-state index contributed by atoms with van der Waals surface area (Å²) in [5.41, 5.74) is 0.907. The molecular formula is C18H15NO3. The summed E-state index contributed by atoms with van der Waals surface area (Å²) in [5.74, 6) is -1.41. The SMILES string of the molecule is O=C1c2ccccc2CC[C@H]1[C@]1(O)C(=O)Nc2ccccc21. The minimum absolute atomic E-state index is 0.156. The van der Waals surface area contributed by atoms with E-state index in [1.807, 2.05) is 18.2 Å². The molecule has 0 fully saturated rings. The molecule has 0 saturated heterocycles. The van der Waals surface area contributed by atoms with Crippen LogP contribution >= 0.6 is 0 Å². The summed E-state index contributed by atoms with van der Waals surface area (Å²) in [6.07, 6.45) is 1.15. The number of ketones is 1. The summed E-state index contributed by atoms with van der Waals surface area (Å²) in [6, 6.07) is 14.4. The number of benzene rings is 2. The molecule has 4 heteroatoms. The Morgan fingerprint density at radius 3 is 2.64 bits per heavy atom. The molecule has 0 unspecified atom stereocenters. The van der Waals surface area contributed by atoms with Crippen LogP contribution in [0.15, 0.2) is 48.5 Å². The van der Waals surface area contributed by atoms with Gasteiger partial charge in [0.1, 0.15) is 0 Å². The predicted molar refractivity (Wildman–Crippen MR) is 81.6 cm³/mol. The van der Waals surface area contributed by atoms with Gasteiger partial charge in [0.25, 0.3) is 5.91 Å². The number of fused-ring (bicyclic) bond motifs is 2. The number of carbonyl (C=O) groups is 2. The highest BCUT2D eigenvalue weighted by Crippen LogP contribution is 2.45. The van der Waals surface area contributed by atoms with E-state index in [1.54, 1.807) is 30.3 Å². The average Bonchev–Trinajstić information content (AvgIpc) is 2.80. The number of hydrogen-bond acceptors (Lipinski definition) is 3. The molecule has 0 spiro atoms. The summed E-state index contributed by atoms with van der Waals surface area (Å²) < 4.78 is 0. The zero-order valence-electron chi connectivity index (χ0n) is 11.9. The number of hydrogen-bond donors (Lipinski definition) is 2. The van der Waals surface area contributed by atoms with Crippen LogP contribution in [-0.2, 0) is 16.8 Å². The van der Waals surface area contributed by atoms with Crippen molar-refractivity contribution in [1.82, 2.24) is 0 Å². The second-order valence-corrected chi connectivity index (χ2v) is 5.88. The first-order valence-corrected chi connectivity index (χ1v) is 7.38. The van der Waals surface area contributed by atoms with Crippen molar-refractivity contribution in [1.29, 1.82) is 0 Å². The maximum absolute atomic E-state index is 12.8. The van der Waals surface area contributed by atoms with E-state index in [-0.39, 0.29) is 5.78 Å². The number of Topliss-reactive ketones (excluding diaryl/α,β-unsaturated/α-hetero) is 1. The van der Waals surface area contributed by atoms with E-state index >= 15 is 0 Å². The molecule has 0 saturated carbocycles. The van der Waals surface area contributed by atoms with Gasteiger partial charge < -0.3 is 10.4 Å². The first-order chi connectivity index (χ1) is 10.6. The number of aryl methyl sites for hydroxylation is 1. The third kappa shape index (κ3) is 1.61. The van der Waals surface area contributed by atoms with Crippen LogP contribution in [0, 0.1) is 5.92 Å². The number of rotatable bonds is 1. The van der Waals surface area contributed by atoms with Gasteiger partial charge in [-0.25, -0.2) is 0 Å². The molecule has 1 aliphatic carbocycles. The molecule has 2 N–H and O–H groups in total. The zero-order chi connectivity index (χ0) is 15.3. The Morgan fingerprint density at radius 1 is 1.05 bits per heavy atom. The van der Waals surface area contributed by atoms with Gasteiger partial charge in [-0.1, -0.05) is 42.5 Å². The van der Waals surface area contributed by atoms with Crippen molar-refractivity contribution in [2.75, 3.05) is 5.32 Å². The van der Waals surface area contributed by atoms with Crippen LogP contribution in [0.3, 0.4) is 0 Å². The normalized spacial score (nSPS) is 26.3. The van der Waals surface area contributed by atoms with E-state index in [0.717, 1.165) is 5.56 Å². The molecule has 1 aliphatic heterocycles. The summed E-state index contributed by atoms with van der Waals surface area (Å²) >= 11 is 0. The van der Waals surface area contributed by atoms with E-state index in [0.29, 0.717) is 29.7 Å². The summed E-state index contributed by atoms with van der Waals surface area (Å²) in [6.45, 7) is 0. The number of carbonyl (C=O) groups excluding carboxylic acids is 2. The third-order valence-electron chi connectivity index (χ3n) is 4.74. The summed E-state index contributed by atoms with van der Waals surface area (Å²) in [5, 5.41) is 13.8. The molecule has 2 aromatic carbocycles. The van der Waals surface area contributed by atoms with Crippen LogP contribution in [0.4, 0.5) is 5.69 Å². The van der Waals surface area contributed by atoms with Crippen molar-refractivity contribution in [3.05, 3.63) is 65.2 Å². The molecule has 4 rings (SSSR count). The molecule has 4 nitrogen and oxygen atoms in total. The number of nitrogens with one attached hydrogen (secondary N) is 1. The molecule has 2 aliphatic rings. The molecule has 1 amide bonds. The minimum atomic E-state index is -1.78. The van der Waals surface area contributed by atoms with Gasteiger partial charge in [-0.3, -0.25) is 9.59 Å². The number of amides is 1. The maximum Gasteiger partial charge on any atom is 0.261 e. The Labute approximate surface area is 127 Å². The largest absolute Gasteiger partial charge is 0.375 e. The fourth-order valence-electron chi connectivity index (χ4n) is 3.61. The molecule has 2 aromatic rings. The minimum Gasteiger partial charge on any atom is -0.375 e. The van der Waals surface area contributed by atoms with Crippen molar-refractivity contribution in [2.24, 2.45) is 5.92 Å².